The Hall–Kier alpha value is -3.09. The number of rotatable bonds is 11. The molecule has 62 heavy (non-hydrogen) atoms. The molecule has 0 aromatic heterocycles. The summed E-state index contributed by atoms with van der Waals surface area (Å²) < 4.78 is 159. The van der Waals surface area contributed by atoms with Crippen LogP contribution in [0.4, 0.5) is 52.7 Å². The third-order valence-corrected chi connectivity index (χ3v) is 12.5. The number of likely N-dealkylation sites (N-methyl/N-ethyl adjacent to an activating group) is 2. The quantitative estimate of drug-likeness (QED) is 0.0840. The molecule has 10 radical (unpaired) electrons. The predicted octanol–water partition coefficient (Wildman–Crippen LogP) is 12.0. The average Bonchev–Trinajstić information content (AvgIpc) is 3.90. The standard InChI is InChI=1S/C26H28F6N2P.C20H13F6.Fe/c1-18(34(4)15-14-33(2)3)23-12-7-13-24(23)35(21-10-5-8-19(16-21)25(27,28)29)22-11-6-9-20(17-22)26(30,31)32;21-19(22,23)16-9-3-7-14(11-16)18(13-5-1-2-6-13)15-8-4-10-17(12-15)20(24,25)26;/h5-13,16-18H,14-15H2,1-4H3;1-12,18H;/t18-;;/m1../s1. The monoisotopic (exact) mass is 936 g/mol. The smallest absolute Gasteiger partial charge is 0.308 e. The minimum absolute atomic E-state index is 0. The minimum atomic E-state index is -4.56. The number of halogens is 12. The van der Waals surface area contributed by atoms with Crippen molar-refractivity contribution >= 4 is 18.5 Å². The van der Waals surface area contributed by atoms with Crippen molar-refractivity contribution < 1.29 is 69.8 Å². The normalized spacial score (nSPS) is 16.6. The fraction of sp³-hybridized carbons (Fsp3) is 0.261. The van der Waals surface area contributed by atoms with Gasteiger partial charge in [-0.25, -0.2) is 0 Å². The van der Waals surface area contributed by atoms with E-state index < -0.39 is 60.8 Å². The molecule has 2 nitrogen and oxygen atoms in total. The zero-order valence-electron chi connectivity index (χ0n) is 33.6. The zero-order valence-corrected chi connectivity index (χ0v) is 35.6. The molecule has 0 aliphatic heterocycles. The van der Waals surface area contributed by atoms with Crippen molar-refractivity contribution in [1.82, 2.24) is 9.80 Å². The molecule has 4 aromatic carbocycles. The van der Waals surface area contributed by atoms with Gasteiger partial charge in [-0.15, -0.1) is 0 Å². The third kappa shape index (κ3) is 13.5. The summed E-state index contributed by atoms with van der Waals surface area (Å²) in [5.41, 5.74) is -1.99. The molecule has 0 spiro atoms. The summed E-state index contributed by atoms with van der Waals surface area (Å²) in [4.78, 5) is 4.18. The van der Waals surface area contributed by atoms with E-state index in [4.69, 9.17) is 0 Å². The Morgan fingerprint density at radius 2 is 0.903 bits per heavy atom. The van der Waals surface area contributed by atoms with Crippen LogP contribution in [-0.4, -0.2) is 50.1 Å². The summed E-state index contributed by atoms with van der Waals surface area (Å²) in [6.45, 7) is 3.57. The van der Waals surface area contributed by atoms with Crippen molar-refractivity contribution in [3.05, 3.63) is 193 Å². The molecule has 6 rings (SSSR count). The first kappa shape index (κ1) is 51.5. The minimum Gasteiger partial charge on any atom is -0.308 e. The van der Waals surface area contributed by atoms with E-state index in [0.29, 0.717) is 16.5 Å². The molecule has 16 heteroatoms. The van der Waals surface area contributed by atoms with Crippen LogP contribution >= 0.6 is 7.92 Å². The second-order valence-electron chi connectivity index (χ2n) is 14.7. The summed E-state index contributed by atoms with van der Waals surface area (Å²) in [5.74, 6) is 0.797. The molecule has 1 atom stereocenters. The van der Waals surface area contributed by atoms with E-state index in [1.54, 1.807) is 37.8 Å². The van der Waals surface area contributed by atoms with Crippen LogP contribution in [0.25, 0.3) is 0 Å². The summed E-state index contributed by atoms with van der Waals surface area (Å²) in [5, 5.41) is 0.703. The Kier molecular flexibility index (Phi) is 17.7. The molecule has 0 unspecified atom stereocenters. The molecule has 2 aliphatic carbocycles. The van der Waals surface area contributed by atoms with Crippen molar-refractivity contribution in [2.45, 2.75) is 43.6 Å². The van der Waals surface area contributed by atoms with Crippen molar-refractivity contribution in [2.24, 2.45) is 0 Å². The van der Waals surface area contributed by atoms with Gasteiger partial charge in [0, 0.05) is 53.7 Å². The van der Waals surface area contributed by atoms with E-state index >= 15 is 0 Å². The Morgan fingerprint density at radius 1 is 0.500 bits per heavy atom. The predicted molar refractivity (Wildman–Crippen MR) is 214 cm³/mol. The number of hydrogen-bond acceptors (Lipinski definition) is 2. The van der Waals surface area contributed by atoms with Crippen LogP contribution in [0.3, 0.4) is 0 Å². The molecule has 0 heterocycles. The van der Waals surface area contributed by atoms with Gasteiger partial charge in [-0.1, -0.05) is 60.7 Å². The molecule has 0 N–H and O–H groups in total. The SMILES string of the molecule is C[C@H]([C]1[CH][CH][CH][C]1P(c1cccc(C(F)(F)F)c1)c1cccc(C(F)(F)F)c1)N(C)CCN(C)C.FC(F)(F)c1cccc(C([C]2[CH][CH][CH][CH]2)c2cccc(C(F)(F)F)c2)c1.[Fe]. The first-order valence-corrected chi connectivity index (χ1v) is 20.1. The van der Waals surface area contributed by atoms with Crippen molar-refractivity contribution in [3.63, 3.8) is 0 Å². The number of nitrogens with zero attached hydrogens (tertiary/aromatic N) is 2. The third-order valence-electron chi connectivity index (χ3n) is 10.1. The molecule has 2 saturated carbocycles. The Labute approximate surface area is 367 Å². The van der Waals surface area contributed by atoms with Crippen molar-refractivity contribution in [1.29, 1.82) is 0 Å². The van der Waals surface area contributed by atoms with Gasteiger partial charge in [0.2, 0.25) is 0 Å². The van der Waals surface area contributed by atoms with Crippen LogP contribution in [0.2, 0.25) is 0 Å². The molecule has 332 valence electrons. The number of benzene rings is 4. The Morgan fingerprint density at radius 3 is 1.31 bits per heavy atom. The fourth-order valence-electron chi connectivity index (χ4n) is 6.79. The largest absolute Gasteiger partial charge is 0.416 e. The summed E-state index contributed by atoms with van der Waals surface area (Å²) in [6.07, 6.45) is -5.86. The van der Waals surface area contributed by atoms with Gasteiger partial charge in [-0.2, -0.15) is 52.7 Å². The van der Waals surface area contributed by atoms with Crippen LogP contribution in [0, 0.1) is 62.4 Å². The first-order valence-electron chi connectivity index (χ1n) is 18.8. The van der Waals surface area contributed by atoms with Crippen LogP contribution in [0.5, 0.6) is 0 Å². The summed E-state index contributed by atoms with van der Waals surface area (Å²) >= 11 is 0. The van der Waals surface area contributed by atoms with Gasteiger partial charge < -0.3 is 9.80 Å². The number of alkyl halides is 12. The average molecular weight is 937 g/mol. The maximum atomic E-state index is 13.5. The van der Waals surface area contributed by atoms with Crippen molar-refractivity contribution in [2.75, 3.05) is 34.2 Å². The maximum Gasteiger partial charge on any atom is 0.416 e. The van der Waals surface area contributed by atoms with Gasteiger partial charge in [0.15, 0.2) is 0 Å². The van der Waals surface area contributed by atoms with Crippen LogP contribution < -0.4 is 10.6 Å². The van der Waals surface area contributed by atoms with Crippen molar-refractivity contribution in [3.8, 4) is 0 Å². The van der Waals surface area contributed by atoms with Gasteiger partial charge >= 0.3 is 24.7 Å². The van der Waals surface area contributed by atoms with Gasteiger partial charge in [-0.05, 0) is 145 Å². The summed E-state index contributed by atoms with van der Waals surface area (Å²) in [6, 6.07) is 19.1. The maximum absolute atomic E-state index is 13.5. The first-order chi connectivity index (χ1) is 28.4. The van der Waals surface area contributed by atoms with E-state index in [1.165, 1.54) is 36.4 Å². The molecule has 2 fully saturated rings. The molecular weight excluding hydrogens is 895 g/mol. The zero-order chi connectivity index (χ0) is 44.9. The Bertz CT molecular complexity index is 1910. The second-order valence-corrected chi connectivity index (χ2v) is 16.8. The molecule has 0 amide bonds. The summed E-state index contributed by atoms with van der Waals surface area (Å²) in [7, 11) is 4.22. The molecular formula is C46H41F12FeN2P. The number of hydrogen-bond donors (Lipinski definition) is 0. The second kappa shape index (κ2) is 21.3. The van der Waals surface area contributed by atoms with Crippen LogP contribution in [0.1, 0.15) is 46.2 Å². The van der Waals surface area contributed by atoms with Gasteiger partial charge in [0.25, 0.3) is 0 Å². The molecule has 2 aliphatic rings. The molecule has 0 saturated heterocycles. The molecule has 0 bridgehead atoms. The van der Waals surface area contributed by atoms with Gasteiger partial charge in [-0.3, -0.25) is 0 Å². The van der Waals surface area contributed by atoms with Crippen LogP contribution in [-0.2, 0) is 41.8 Å². The Balaban J connectivity index is 0.000000279. The topological polar surface area (TPSA) is 6.48 Å². The van der Waals surface area contributed by atoms with E-state index in [1.807, 2.05) is 52.2 Å². The van der Waals surface area contributed by atoms with E-state index in [9.17, 15) is 52.7 Å². The van der Waals surface area contributed by atoms with Gasteiger partial charge in [0.05, 0.1) is 22.3 Å². The van der Waals surface area contributed by atoms with Gasteiger partial charge in [0.1, 0.15) is 0 Å². The molecule has 4 aromatic rings. The van der Waals surface area contributed by atoms with Crippen LogP contribution in [0.15, 0.2) is 97.1 Å². The fourth-order valence-corrected chi connectivity index (χ4v) is 9.40. The van der Waals surface area contributed by atoms with E-state index in [0.717, 1.165) is 73.2 Å². The van der Waals surface area contributed by atoms with E-state index in [-0.39, 0.29) is 34.2 Å². The van der Waals surface area contributed by atoms with E-state index in [2.05, 4.69) is 4.90 Å².